The fourth-order valence-corrected chi connectivity index (χ4v) is 2.25. The van der Waals surface area contributed by atoms with Crippen molar-refractivity contribution >= 4 is 16.5 Å². The first-order chi connectivity index (χ1) is 2.41. The third-order valence-electron chi connectivity index (χ3n) is 0.500. The molecule has 0 aliphatic heterocycles. The first-order valence-electron chi connectivity index (χ1n) is 2.12. The topological polar surface area (TPSA) is 0 Å². The van der Waals surface area contributed by atoms with Gasteiger partial charge in [0.05, 0.1) is 0 Å². The van der Waals surface area contributed by atoms with Gasteiger partial charge in [-0.3, -0.25) is 0 Å². The van der Waals surface area contributed by atoms with Crippen molar-refractivity contribution in [3.8, 4) is 0 Å². The molecule has 0 radical (unpaired) electrons. The molecule has 5 heavy (non-hydrogen) atoms. The molecule has 1 atom stereocenters. The maximum atomic E-state index is 2.36. The fraction of sp³-hybridized carbons (Fsp3) is 1.00. The van der Waals surface area contributed by atoms with E-state index in [4.69, 9.17) is 0 Å². The first-order valence-corrected chi connectivity index (χ1v) is 7.07. The molecule has 0 saturated carbocycles. The van der Waals surface area contributed by atoms with Gasteiger partial charge in [-0.1, -0.05) is 0 Å². The predicted octanol–water partition coefficient (Wildman–Crippen LogP) is 1.37. The van der Waals surface area contributed by atoms with Crippen molar-refractivity contribution in [2.75, 3.05) is 12.8 Å². The molecular weight excluding hydrogens is 98.0 g/mol. The molecular formula is C3H12P2. The van der Waals surface area contributed by atoms with Gasteiger partial charge in [-0.05, 0) is 0 Å². The summed E-state index contributed by atoms with van der Waals surface area (Å²) in [7, 11) is 1.78. The van der Waals surface area contributed by atoms with Gasteiger partial charge in [0.25, 0.3) is 0 Å². The summed E-state index contributed by atoms with van der Waals surface area (Å²) in [5.74, 6) is 0. The molecule has 0 N–H and O–H groups in total. The summed E-state index contributed by atoms with van der Waals surface area (Å²) in [6, 6.07) is 0. The van der Waals surface area contributed by atoms with Gasteiger partial charge < -0.3 is 0 Å². The molecule has 0 saturated heterocycles. The average molecular weight is 110 g/mol. The minimum atomic E-state index is 0.442. The van der Waals surface area contributed by atoms with E-state index in [-0.39, 0.29) is 0 Å². The van der Waals surface area contributed by atoms with Crippen molar-refractivity contribution < 1.29 is 0 Å². The Morgan fingerprint density at radius 1 is 1.80 bits per heavy atom. The Bertz CT molecular complexity index is 12.4. The third kappa shape index (κ3) is 4.86. The average Bonchev–Trinajstić information content (AvgIpc) is 1.41. The summed E-state index contributed by atoms with van der Waals surface area (Å²) in [6.45, 7) is 4.62. The van der Waals surface area contributed by atoms with E-state index in [0.29, 0.717) is 8.27 Å². The summed E-state index contributed by atoms with van der Waals surface area (Å²) in [6.07, 6.45) is 1.43. The molecule has 0 aliphatic rings. The Labute approximate surface area is 37.2 Å². The summed E-state index contributed by atoms with van der Waals surface area (Å²) >= 11 is 0. The van der Waals surface area contributed by atoms with Crippen LogP contribution in [0.2, 0.25) is 0 Å². The molecule has 1 unspecified atom stereocenters. The SMILES string of the molecule is CCP[PH3]C. The number of hydrogen-bond acceptors (Lipinski definition) is 0. The molecule has 0 rings (SSSR count). The Balaban J connectivity index is 2.19. The Morgan fingerprint density at radius 2 is 2.40 bits per heavy atom. The monoisotopic (exact) mass is 110 g/mol. The van der Waals surface area contributed by atoms with Gasteiger partial charge in [-0.15, -0.1) is 0 Å². The van der Waals surface area contributed by atoms with E-state index < -0.39 is 0 Å². The predicted molar refractivity (Wildman–Crippen MR) is 35.9 cm³/mol. The van der Waals surface area contributed by atoms with E-state index in [1.165, 1.54) is 14.4 Å². The van der Waals surface area contributed by atoms with Crippen LogP contribution >= 0.6 is 16.5 Å². The van der Waals surface area contributed by atoms with Crippen molar-refractivity contribution in [3.63, 3.8) is 0 Å². The summed E-state index contributed by atoms with van der Waals surface area (Å²) in [5.41, 5.74) is 0. The van der Waals surface area contributed by atoms with Gasteiger partial charge in [-0.25, -0.2) is 0 Å². The fourth-order valence-electron chi connectivity index (χ4n) is 0.250. The molecule has 0 bridgehead atoms. The van der Waals surface area contributed by atoms with E-state index in [1.807, 2.05) is 0 Å². The molecule has 0 aliphatic carbocycles. The van der Waals surface area contributed by atoms with E-state index in [9.17, 15) is 0 Å². The summed E-state index contributed by atoms with van der Waals surface area (Å²) < 4.78 is 0. The third-order valence-corrected chi connectivity index (χ3v) is 4.50. The molecule has 0 spiro atoms. The molecule has 0 nitrogen and oxygen atoms in total. The number of hydrogen-bond donors (Lipinski definition) is 0. The quantitative estimate of drug-likeness (QED) is 0.471. The summed E-state index contributed by atoms with van der Waals surface area (Å²) in [5, 5.41) is 0. The second-order valence-corrected chi connectivity index (χ2v) is 6.49. The molecule has 0 heterocycles. The van der Waals surface area contributed by atoms with Gasteiger partial charge in [0, 0.05) is 0 Å². The van der Waals surface area contributed by atoms with E-state index in [0.717, 1.165) is 0 Å². The first kappa shape index (κ1) is 5.86. The van der Waals surface area contributed by atoms with Crippen LogP contribution in [-0.4, -0.2) is 12.8 Å². The van der Waals surface area contributed by atoms with Crippen LogP contribution in [0, 0.1) is 0 Å². The van der Waals surface area contributed by atoms with Crippen molar-refractivity contribution in [1.82, 2.24) is 0 Å². The van der Waals surface area contributed by atoms with Crippen LogP contribution in [0.4, 0.5) is 0 Å². The van der Waals surface area contributed by atoms with Crippen molar-refractivity contribution in [1.29, 1.82) is 0 Å². The van der Waals surface area contributed by atoms with Crippen LogP contribution in [0.25, 0.3) is 0 Å². The Morgan fingerprint density at radius 3 is 2.40 bits per heavy atom. The molecule has 0 aromatic rings. The zero-order valence-electron chi connectivity index (χ0n) is 3.91. The molecule has 0 amide bonds. The summed E-state index contributed by atoms with van der Waals surface area (Å²) in [4.78, 5) is 0. The van der Waals surface area contributed by atoms with Gasteiger partial charge in [-0.2, -0.15) is 0 Å². The molecule has 2 heteroatoms. The van der Waals surface area contributed by atoms with Crippen LogP contribution in [-0.2, 0) is 0 Å². The second kappa shape index (κ2) is 4.86. The zero-order valence-corrected chi connectivity index (χ0v) is 6.33. The van der Waals surface area contributed by atoms with Gasteiger partial charge in [0.2, 0.25) is 0 Å². The second-order valence-electron chi connectivity index (χ2n) is 0.957. The van der Waals surface area contributed by atoms with E-state index >= 15 is 0 Å². The number of rotatable bonds is 2. The minimum absolute atomic E-state index is 0.442. The maximum absolute atomic E-state index is 2.36. The Kier molecular flexibility index (Phi) is 5.70. The van der Waals surface area contributed by atoms with Crippen LogP contribution in [0.3, 0.4) is 0 Å². The van der Waals surface area contributed by atoms with E-state index in [1.54, 1.807) is 0 Å². The molecule has 0 fully saturated rings. The van der Waals surface area contributed by atoms with Crippen LogP contribution in [0.1, 0.15) is 6.92 Å². The van der Waals surface area contributed by atoms with Gasteiger partial charge >= 0.3 is 36.3 Å². The van der Waals surface area contributed by atoms with Gasteiger partial charge in [0.15, 0.2) is 0 Å². The van der Waals surface area contributed by atoms with Crippen molar-refractivity contribution in [3.05, 3.63) is 0 Å². The molecule has 34 valence electrons. The molecule has 0 aromatic carbocycles. The van der Waals surface area contributed by atoms with Crippen molar-refractivity contribution in [2.24, 2.45) is 0 Å². The van der Waals surface area contributed by atoms with Gasteiger partial charge in [0.1, 0.15) is 0 Å². The molecule has 0 aromatic heterocycles. The van der Waals surface area contributed by atoms with Crippen LogP contribution in [0.5, 0.6) is 0 Å². The van der Waals surface area contributed by atoms with Crippen molar-refractivity contribution in [2.45, 2.75) is 6.92 Å². The normalized spacial score (nSPS) is 11.6. The zero-order chi connectivity index (χ0) is 4.12. The van der Waals surface area contributed by atoms with Crippen LogP contribution in [0.15, 0.2) is 0 Å². The van der Waals surface area contributed by atoms with Crippen LogP contribution < -0.4 is 0 Å². The Hall–Kier alpha value is 0.860. The standard InChI is InChI=1S/C3H12P2/c1-3-5-4-2/h5H,3H2,1-2,4H3. The van der Waals surface area contributed by atoms with E-state index in [2.05, 4.69) is 13.6 Å².